The topological polar surface area (TPSA) is 104 Å². The number of fused-ring (bicyclic) bond motifs is 3. The number of aromatic nitrogens is 3. The van der Waals surface area contributed by atoms with Crippen molar-refractivity contribution >= 4 is 40.1 Å². The van der Waals surface area contributed by atoms with Crippen LogP contribution in [0.4, 0.5) is 0 Å². The van der Waals surface area contributed by atoms with Gasteiger partial charge < -0.3 is 24.8 Å². The second-order valence-corrected chi connectivity index (χ2v) is 8.32. The third kappa shape index (κ3) is 5.03. The summed E-state index contributed by atoms with van der Waals surface area (Å²) in [6.07, 6.45) is 1.81. The first-order valence-electron chi connectivity index (χ1n) is 11.0. The number of H-pyrrole nitrogens is 2. The molecule has 0 bridgehead atoms. The van der Waals surface area contributed by atoms with Gasteiger partial charge >= 0.3 is 0 Å². The van der Waals surface area contributed by atoms with Crippen LogP contribution >= 0.6 is 12.2 Å². The van der Waals surface area contributed by atoms with Crippen molar-refractivity contribution in [1.82, 2.24) is 24.8 Å². The summed E-state index contributed by atoms with van der Waals surface area (Å²) in [6, 6.07) is 5.60. The van der Waals surface area contributed by atoms with E-state index in [2.05, 4.69) is 20.2 Å². The average molecular weight is 460 g/mol. The predicted molar refractivity (Wildman–Crippen MR) is 126 cm³/mol. The molecule has 1 aliphatic rings. The van der Waals surface area contributed by atoms with Crippen LogP contribution in [-0.2, 0) is 16.1 Å². The van der Waals surface area contributed by atoms with Gasteiger partial charge in [0.25, 0.3) is 5.56 Å². The van der Waals surface area contributed by atoms with Gasteiger partial charge in [-0.25, -0.2) is 0 Å². The molecule has 3 heterocycles. The summed E-state index contributed by atoms with van der Waals surface area (Å²) in [4.78, 5) is 33.8. The highest BCUT2D eigenvalue weighted by Crippen LogP contribution is 2.25. The van der Waals surface area contributed by atoms with Crippen molar-refractivity contribution in [3.8, 4) is 5.75 Å². The molecule has 0 aliphatic carbocycles. The monoisotopic (exact) mass is 459 g/mol. The Labute approximate surface area is 190 Å². The van der Waals surface area contributed by atoms with E-state index in [1.54, 1.807) is 11.7 Å². The quantitative estimate of drug-likeness (QED) is 0.335. The SMILES string of the molecule is COc1ccc2[nH]c3c(=O)n(CCCCC(=O)NCCN4CCOCC4)c(=S)[nH]c3c2c1. The van der Waals surface area contributed by atoms with Gasteiger partial charge in [-0.1, -0.05) is 0 Å². The van der Waals surface area contributed by atoms with Crippen molar-refractivity contribution in [2.24, 2.45) is 0 Å². The Morgan fingerprint density at radius 1 is 1.19 bits per heavy atom. The lowest BCUT2D eigenvalue weighted by atomic mass is 10.2. The first-order valence-corrected chi connectivity index (χ1v) is 11.4. The molecule has 0 saturated carbocycles. The number of methoxy groups -OCH3 is 1. The van der Waals surface area contributed by atoms with E-state index in [1.165, 1.54) is 0 Å². The molecule has 0 radical (unpaired) electrons. The van der Waals surface area contributed by atoms with Crippen molar-refractivity contribution in [1.29, 1.82) is 0 Å². The van der Waals surface area contributed by atoms with Crippen LogP contribution in [0.3, 0.4) is 0 Å². The molecule has 0 atom stereocenters. The van der Waals surface area contributed by atoms with Crippen LogP contribution < -0.4 is 15.6 Å². The number of benzene rings is 1. The normalized spacial score (nSPS) is 14.8. The highest BCUT2D eigenvalue weighted by Gasteiger charge is 2.13. The Bertz CT molecular complexity index is 1210. The van der Waals surface area contributed by atoms with E-state index in [9.17, 15) is 9.59 Å². The highest BCUT2D eigenvalue weighted by atomic mass is 32.1. The van der Waals surface area contributed by atoms with Crippen LogP contribution in [0.2, 0.25) is 0 Å². The van der Waals surface area contributed by atoms with E-state index in [1.807, 2.05) is 18.2 Å². The maximum Gasteiger partial charge on any atom is 0.278 e. The molecule has 2 aromatic heterocycles. The maximum absolute atomic E-state index is 13.0. The van der Waals surface area contributed by atoms with Crippen molar-refractivity contribution in [3.05, 3.63) is 33.3 Å². The second-order valence-electron chi connectivity index (χ2n) is 7.93. The number of unbranched alkanes of at least 4 members (excludes halogenated alkanes) is 1. The molecule has 1 aromatic carbocycles. The lowest BCUT2D eigenvalue weighted by Crippen LogP contribution is -2.41. The summed E-state index contributed by atoms with van der Waals surface area (Å²) in [7, 11) is 1.61. The first-order chi connectivity index (χ1) is 15.6. The van der Waals surface area contributed by atoms with E-state index < -0.39 is 0 Å². The molecule has 0 unspecified atom stereocenters. The van der Waals surface area contributed by atoms with Gasteiger partial charge in [0.05, 0.1) is 25.8 Å². The number of carbonyl (C=O) groups excluding carboxylic acids is 1. The minimum atomic E-state index is -0.158. The first kappa shape index (κ1) is 22.5. The summed E-state index contributed by atoms with van der Waals surface area (Å²) in [5.74, 6) is 0.751. The van der Waals surface area contributed by atoms with Crippen LogP contribution in [0, 0.1) is 4.77 Å². The zero-order valence-electron chi connectivity index (χ0n) is 18.2. The van der Waals surface area contributed by atoms with Gasteiger partial charge in [0.15, 0.2) is 4.77 Å². The van der Waals surface area contributed by atoms with Crippen LogP contribution in [0.15, 0.2) is 23.0 Å². The van der Waals surface area contributed by atoms with Crippen molar-refractivity contribution < 1.29 is 14.3 Å². The Morgan fingerprint density at radius 2 is 2.00 bits per heavy atom. The number of ether oxygens (including phenoxy) is 2. The van der Waals surface area contributed by atoms with Crippen molar-refractivity contribution in [3.63, 3.8) is 0 Å². The van der Waals surface area contributed by atoms with Crippen LogP contribution in [-0.4, -0.2) is 71.8 Å². The third-order valence-electron chi connectivity index (χ3n) is 5.83. The molecule has 4 rings (SSSR count). The van der Waals surface area contributed by atoms with Gasteiger partial charge in [-0.15, -0.1) is 0 Å². The Balaban J connectivity index is 1.32. The molecule has 1 fully saturated rings. The number of carbonyl (C=O) groups is 1. The standard InChI is InChI=1S/C22H29N5O4S/c1-30-15-5-6-17-16(14-15)19-20(24-17)21(29)27(22(32)25-19)8-3-2-4-18(28)23-7-9-26-10-12-31-13-11-26/h5-6,14,24H,2-4,7-13H2,1H3,(H,23,28)(H,25,32). The molecule has 172 valence electrons. The van der Waals surface area contributed by atoms with E-state index >= 15 is 0 Å². The average Bonchev–Trinajstić information content (AvgIpc) is 3.17. The largest absolute Gasteiger partial charge is 0.497 e. The van der Waals surface area contributed by atoms with E-state index in [0.717, 1.165) is 43.8 Å². The van der Waals surface area contributed by atoms with E-state index in [-0.39, 0.29) is 11.5 Å². The van der Waals surface area contributed by atoms with Gasteiger partial charge in [0.2, 0.25) is 5.91 Å². The molecule has 1 saturated heterocycles. The maximum atomic E-state index is 13.0. The molecule has 3 N–H and O–H groups in total. The minimum absolute atomic E-state index is 0.0378. The van der Waals surface area contributed by atoms with E-state index in [4.69, 9.17) is 21.7 Å². The van der Waals surface area contributed by atoms with Crippen LogP contribution in [0.5, 0.6) is 5.75 Å². The molecule has 1 amide bonds. The number of aromatic amines is 2. The number of nitrogens with zero attached hydrogens (tertiary/aromatic N) is 2. The number of morpholine rings is 1. The zero-order chi connectivity index (χ0) is 22.5. The molecule has 1 aliphatic heterocycles. The zero-order valence-corrected chi connectivity index (χ0v) is 19.1. The predicted octanol–water partition coefficient (Wildman–Crippen LogP) is 2.17. The van der Waals surface area contributed by atoms with Crippen molar-refractivity contribution in [2.75, 3.05) is 46.5 Å². The summed E-state index contributed by atoms with van der Waals surface area (Å²) >= 11 is 5.45. The van der Waals surface area contributed by atoms with Gasteiger partial charge in [-0.3, -0.25) is 19.1 Å². The molecule has 3 aromatic rings. The second kappa shape index (κ2) is 10.3. The lowest BCUT2D eigenvalue weighted by molar-refractivity contribution is -0.121. The molecule has 32 heavy (non-hydrogen) atoms. The van der Waals surface area contributed by atoms with Crippen molar-refractivity contribution in [2.45, 2.75) is 25.8 Å². The fourth-order valence-electron chi connectivity index (χ4n) is 4.02. The number of rotatable bonds is 9. The van der Waals surface area contributed by atoms with Gasteiger partial charge in [-0.05, 0) is 43.3 Å². The smallest absolute Gasteiger partial charge is 0.278 e. The Kier molecular flexibility index (Phi) is 7.23. The summed E-state index contributed by atoms with van der Waals surface area (Å²) in [6.45, 7) is 5.30. The summed E-state index contributed by atoms with van der Waals surface area (Å²) in [5, 5.41) is 3.83. The van der Waals surface area contributed by atoms with Gasteiger partial charge in [0.1, 0.15) is 11.3 Å². The van der Waals surface area contributed by atoms with E-state index in [0.29, 0.717) is 53.9 Å². The summed E-state index contributed by atoms with van der Waals surface area (Å²) < 4.78 is 12.5. The molecular formula is C22H29N5O4S. The molecule has 10 heteroatoms. The third-order valence-corrected chi connectivity index (χ3v) is 6.15. The van der Waals surface area contributed by atoms with Crippen LogP contribution in [0.1, 0.15) is 19.3 Å². The number of amides is 1. The van der Waals surface area contributed by atoms with Crippen LogP contribution in [0.25, 0.3) is 21.9 Å². The van der Waals surface area contributed by atoms with Gasteiger partial charge in [-0.2, -0.15) is 0 Å². The molecule has 0 spiro atoms. The number of hydrogen-bond acceptors (Lipinski definition) is 6. The summed E-state index contributed by atoms with van der Waals surface area (Å²) in [5.41, 5.74) is 1.86. The Morgan fingerprint density at radius 3 is 2.78 bits per heavy atom. The number of hydrogen-bond donors (Lipinski definition) is 3. The highest BCUT2D eigenvalue weighted by molar-refractivity contribution is 7.71. The number of nitrogens with one attached hydrogen (secondary N) is 3. The fourth-order valence-corrected chi connectivity index (χ4v) is 4.29. The lowest BCUT2D eigenvalue weighted by Gasteiger charge is -2.26. The Hall–Kier alpha value is -2.69. The minimum Gasteiger partial charge on any atom is -0.497 e. The molecular weight excluding hydrogens is 430 g/mol. The fraction of sp³-hybridized carbons (Fsp3) is 0.500. The van der Waals surface area contributed by atoms with Gasteiger partial charge in [0, 0.05) is 50.0 Å². The molecule has 9 nitrogen and oxygen atoms in total.